The average molecular weight is 259 g/mol. The summed E-state index contributed by atoms with van der Waals surface area (Å²) in [7, 11) is 0. The Kier molecular flexibility index (Phi) is 3.55. The van der Waals surface area contributed by atoms with Gasteiger partial charge in [0, 0.05) is 17.5 Å². The van der Waals surface area contributed by atoms with Crippen molar-refractivity contribution < 1.29 is 4.92 Å². The maximum atomic E-state index is 11.0. The number of hydrogen-bond acceptors (Lipinski definition) is 3. The highest BCUT2D eigenvalue weighted by Crippen LogP contribution is 2.25. The van der Waals surface area contributed by atoms with Gasteiger partial charge in [-0.2, -0.15) is 0 Å². The zero-order valence-electron chi connectivity index (χ0n) is 11.3. The van der Waals surface area contributed by atoms with Gasteiger partial charge in [0.05, 0.1) is 16.5 Å². The molecule has 0 aliphatic carbocycles. The number of nitro benzene ring substituents is 1. The Labute approximate surface area is 112 Å². The highest BCUT2D eigenvalue weighted by atomic mass is 16.6. The van der Waals surface area contributed by atoms with E-state index < -0.39 is 0 Å². The van der Waals surface area contributed by atoms with Crippen LogP contribution in [0.25, 0.3) is 0 Å². The van der Waals surface area contributed by atoms with E-state index in [1.807, 2.05) is 43.6 Å². The fraction of sp³-hybridized carbons (Fsp3) is 0.286. The van der Waals surface area contributed by atoms with Crippen LogP contribution in [-0.2, 0) is 0 Å². The first kappa shape index (κ1) is 13.1. The van der Waals surface area contributed by atoms with Gasteiger partial charge < -0.3 is 5.43 Å². The minimum atomic E-state index is -0.344. The van der Waals surface area contributed by atoms with E-state index >= 15 is 0 Å². The summed E-state index contributed by atoms with van der Waals surface area (Å²) >= 11 is 0. The Morgan fingerprint density at radius 3 is 2.32 bits per heavy atom. The molecule has 100 valence electrons. The highest BCUT2D eigenvalue weighted by Gasteiger charge is 2.18. The Morgan fingerprint density at radius 1 is 1.16 bits per heavy atom. The molecule has 5 heteroatoms. The molecule has 0 saturated heterocycles. The van der Waals surface area contributed by atoms with Gasteiger partial charge in [-0.15, -0.1) is 0 Å². The van der Waals surface area contributed by atoms with Gasteiger partial charge in [0.25, 0.3) is 5.69 Å². The number of nitro groups is 1. The van der Waals surface area contributed by atoms with E-state index in [9.17, 15) is 10.1 Å². The summed E-state index contributed by atoms with van der Waals surface area (Å²) in [5.74, 6) is 0. The van der Waals surface area contributed by atoms with E-state index in [1.165, 1.54) is 6.07 Å². The van der Waals surface area contributed by atoms with Gasteiger partial charge >= 0.3 is 0 Å². The number of hydrogen-bond donors (Lipinski definition) is 1. The van der Waals surface area contributed by atoms with Crippen LogP contribution < -0.4 is 5.43 Å². The number of para-hydroxylation sites is 1. The maximum Gasteiger partial charge on any atom is 0.274 e. The molecule has 0 amide bonds. The molecule has 2 rings (SSSR count). The molecule has 1 atom stereocenters. The maximum absolute atomic E-state index is 11.0. The molecule has 0 radical (unpaired) electrons. The van der Waals surface area contributed by atoms with E-state index in [0.717, 1.165) is 11.4 Å². The predicted octanol–water partition coefficient (Wildman–Crippen LogP) is 3.32. The third-order valence-corrected chi connectivity index (χ3v) is 3.19. The van der Waals surface area contributed by atoms with E-state index in [1.54, 1.807) is 12.1 Å². The fourth-order valence-electron chi connectivity index (χ4n) is 2.16. The van der Waals surface area contributed by atoms with E-state index in [2.05, 4.69) is 5.43 Å². The molecule has 0 bridgehead atoms. The number of benzene rings is 1. The molecule has 19 heavy (non-hydrogen) atoms. The zero-order chi connectivity index (χ0) is 14.0. The SMILES string of the molecule is Cc1ccc(C)n1NC(C)c1ccccc1[N+](=O)[O-]. The number of nitrogens with zero attached hydrogens (tertiary/aromatic N) is 2. The lowest BCUT2D eigenvalue weighted by Crippen LogP contribution is -2.21. The van der Waals surface area contributed by atoms with Crippen LogP contribution >= 0.6 is 0 Å². The van der Waals surface area contributed by atoms with E-state index in [4.69, 9.17) is 0 Å². The van der Waals surface area contributed by atoms with Gasteiger partial charge in [-0.1, -0.05) is 18.2 Å². The molecule has 1 N–H and O–H groups in total. The molecular formula is C14H17N3O2. The van der Waals surface area contributed by atoms with Crippen molar-refractivity contribution in [1.29, 1.82) is 0 Å². The van der Waals surface area contributed by atoms with Crippen molar-refractivity contribution in [2.75, 3.05) is 5.43 Å². The van der Waals surface area contributed by atoms with Crippen LogP contribution in [0.4, 0.5) is 5.69 Å². The quantitative estimate of drug-likeness (QED) is 0.676. The first-order valence-electron chi connectivity index (χ1n) is 6.15. The molecule has 0 fully saturated rings. The van der Waals surface area contributed by atoms with Crippen molar-refractivity contribution in [2.45, 2.75) is 26.8 Å². The molecule has 1 heterocycles. The minimum absolute atomic E-state index is 0.143. The number of nitrogens with one attached hydrogen (secondary N) is 1. The summed E-state index contributed by atoms with van der Waals surface area (Å²) in [5, 5.41) is 11.0. The lowest BCUT2D eigenvalue weighted by molar-refractivity contribution is -0.385. The van der Waals surface area contributed by atoms with Crippen LogP contribution in [-0.4, -0.2) is 9.60 Å². The van der Waals surface area contributed by atoms with Crippen molar-refractivity contribution in [2.24, 2.45) is 0 Å². The normalized spacial score (nSPS) is 12.2. The fourth-order valence-corrected chi connectivity index (χ4v) is 2.16. The Hall–Kier alpha value is -2.30. The Morgan fingerprint density at radius 2 is 1.74 bits per heavy atom. The summed E-state index contributed by atoms with van der Waals surface area (Å²) in [6.45, 7) is 5.90. The van der Waals surface area contributed by atoms with Crippen molar-refractivity contribution >= 4 is 5.69 Å². The second kappa shape index (κ2) is 5.14. The number of aryl methyl sites for hydroxylation is 2. The Balaban J connectivity index is 2.30. The summed E-state index contributed by atoms with van der Waals surface area (Å²) < 4.78 is 1.95. The van der Waals surface area contributed by atoms with E-state index in [0.29, 0.717) is 5.56 Å². The first-order chi connectivity index (χ1) is 9.00. The molecule has 1 unspecified atom stereocenters. The molecule has 1 aromatic heterocycles. The molecule has 1 aromatic carbocycles. The smallest absolute Gasteiger partial charge is 0.274 e. The Bertz CT molecular complexity index is 585. The van der Waals surface area contributed by atoms with E-state index in [-0.39, 0.29) is 16.7 Å². The lowest BCUT2D eigenvalue weighted by atomic mass is 10.1. The molecule has 0 aliphatic rings. The number of rotatable bonds is 4. The monoisotopic (exact) mass is 259 g/mol. The van der Waals surface area contributed by atoms with Crippen LogP contribution in [0, 0.1) is 24.0 Å². The third kappa shape index (κ3) is 2.59. The molecular weight excluding hydrogens is 242 g/mol. The van der Waals surface area contributed by atoms with Crippen LogP contribution in [0.1, 0.15) is 29.9 Å². The lowest BCUT2D eigenvalue weighted by Gasteiger charge is -2.19. The highest BCUT2D eigenvalue weighted by molar-refractivity contribution is 5.42. The van der Waals surface area contributed by atoms with Crippen LogP contribution in [0.15, 0.2) is 36.4 Å². The molecule has 5 nitrogen and oxygen atoms in total. The number of aromatic nitrogens is 1. The van der Waals surface area contributed by atoms with Crippen molar-refractivity contribution in [3.63, 3.8) is 0 Å². The summed E-state index contributed by atoms with van der Waals surface area (Å²) in [4.78, 5) is 10.7. The minimum Gasteiger partial charge on any atom is -0.318 e. The van der Waals surface area contributed by atoms with Crippen molar-refractivity contribution in [3.8, 4) is 0 Å². The van der Waals surface area contributed by atoms with Gasteiger partial charge in [0.15, 0.2) is 0 Å². The van der Waals surface area contributed by atoms with Gasteiger partial charge in [-0.25, -0.2) is 0 Å². The predicted molar refractivity (Wildman–Crippen MR) is 74.8 cm³/mol. The second-order valence-electron chi connectivity index (χ2n) is 4.62. The standard InChI is InChI=1S/C14H17N3O2/c1-10-8-9-11(2)16(10)15-12(3)13-6-4-5-7-14(13)17(18)19/h4-9,12,15H,1-3H3. The van der Waals surface area contributed by atoms with Crippen molar-refractivity contribution in [3.05, 3.63) is 63.5 Å². The summed E-state index contributed by atoms with van der Waals surface area (Å²) in [6, 6.07) is 10.7. The van der Waals surface area contributed by atoms with Crippen LogP contribution in [0.3, 0.4) is 0 Å². The van der Waals surface area contributed by atoms with Gasteiger partial charge in [0.1, 0.15) is 0 Å². The first-order valence-corrected chi connectivity index (χ1v) is 6.15. The summed E-state index contributed by atoms with van der Waals surface area (Å²) in [6.07, 6.45) is 0. The van der Waals surface area contributed by atoms with Crippen LogP contribution in [0.5, 0.6) is 0 Å². The average Bonchev–Trinajstić information content (AvgIpc) is 2.70. The molecule has 0 aliphatic heterocycles. The van der Waals surface area contributed by atoms with Crippen LogP contribution in [0.2, 0.25) is 0 Å². The topological polar surface area (TPSA) is 60.1 Å². The molecule has 0 saturated carbocycles. The summed E-state index contributed by atoms with van der Waals surface area (Å²) in [5.41, 5.74) is 6.25. The third-order valence-electron chi connectivity index (χ3n) is 3.19. The molecule has 2 aromatic rings. The second-order valence-corrected chi connectivity index (χ2v) is 4.62. The van der Waals surface area contributed by atoms with Gasteiger partial charge in [-0.05, 0) is 32.9 Å². The largest absolute Gasteiger partial charge is 0.318 e. The van der Waals surface area contributed by atoms with Gasteiger partial charge in [0.2, 0.25) is 0 Å². The zero-order valence-corrected chi connectivity index (χ0v) is 11.3. The molecule has 0 spiro atoms. The van der Waals surface area contributed by atoms with Crippen molar-refractivity contribution in [1.82, 2.24) is 4.68 Å². The van der Waals surface area contributed by atoms with Gasteiger partial charge in [-0.3, -0.25) is 14.8 Å².